The second-order valence-corrected chi connectivity index (χ2v) is 9.04. The van der Waals surface area contributed by atoms with Gasteiger partial charge in [0.1, 0.15) is 4.32 Å². The van der Waals surface area contributed by atoms with Gasteiger partial charge in [0.15, 0.2) is 0 Å². The SMILES string of the molecule is CCN1C(=O)/C(=C2/SC(=S)N(CCc3ccccc3)C2=O)c2cc(Br)ccc21. The molecule has 142 valence electrons. The summed E-state index contributed by atoms with van der Waals surface area (Å²) in [7, 11) is 0. The third kappa shape index (κ3) is 3.32. The molecule has 0 aliphatic carbocycles. The lowest BCUT2D eigenvalue weighted by molar-refractivity contribution is -0.122. The van der Waals surface area contributed by atoms with Gasteiger partial charge in [0.2, 0.25) is 0 Å². The Labute approximate surface area is 181 Å². The van der Waals surface area contributed by atoms with Crippen molar-refractivity contribution in [3.8, 4) is 0 Å². The number of likely N-dealkylation sites (N-methyl/N-ethyl adjacent to an activating group) is 1. The number of halogens is 1. The average Bonchev–Trinajstić information content (AvgIpc) is 3.12. The summed E-state index contributed by atoms with van der Waals surface area (Å²) in [6, 6.07) is 15.7. The number of carbonyl (C=O) groups is 2. The number of nitrogens with zero attached hydrogens (tertiary/aromatic N) is 2. The van der Waals surface area contributed by atoms with E-state index in [9.17, 15) is 9.59 Å². The van der Waals surface area contributed by atoms with Crippen LogP contribution in [0, 0.1) is 0 Å². The van der Waals surface area contributed by atoms with Crippen molar-refractivity contribution in [1.29, 1.82) is 0 Å². The van der Waals surface area contributed by atoms with Crippen LogP contribution in [0.1, 0.15) is 18.1 Å². The molecule has 0 saturated carbocycles. The third-order valence-corrected chi connectivity index (χ3v) is 6.78. The zero-order valence-electron chi connectivity index (χ0n) is 15.1. The van der Waals surface area contributed by atoms with Crippen LogP contribution in [-0.2, 0) is 16.0 Å². The topological polar surface area (TPSA) is 40.6 Å². The summed E-state index contributed by atoms with van der Waals surface area (Å²) < 4.78 is 1.37. The third-order valence-electron chi connectivity index (χ3n) is 4.84. The molecule has 0 radical (unpaired) electrons. The Morgan fingerprint density at radius 2 is 1.79 bits per heavy atom. The first-order valence-electron chi connectivity index (χ1n) is 8.95. The Kier molecular flexibility index (Phi) is 5.40. The van der Waals surface area contributed by atoms with Crippen LogP contribution < -0.4 is 4.90 Å². The summed E-state index contributed by atoms with van der Waals surface area (Å²) in [6.07, 6.45) is 0.715. The zero-order valence-corrected chi connectivity index (χ0v) is 18.4. The highest BCUT2D eigenvalue weighted by atomic mass is 79.9. The molecule has 28 heavy (non-hydrogen) atoms. The first kappa shape index (κ1) is 19.4. The fraction of sp³-hybridized carbons (Fsp3) is 0.190. The number of rotatable bonds is 4. The molecule has 2 aliphatic heterocycles. The number of thioether (sulfide) groups is 1. The van der Waals surface area contributed by atoms with Gasteiger partial charge in [-0.15, -0.1) is 0 Å². The molecule has 0 aromatic heterocycles. The monoisotopic (exact) mass is 472 g/mol. The average molecular weight is 473 g/mol. The molecule has 2 aromatic carbocycles. The predicted molar refractivity (Wildman–Crippen MR) is 121 cm³/mol. The summed E-state index contributed by atoms with van der Waals surface area (Å²) in [5.74, 6) is -0.322. The van der Waals surface area contributed by atoms with Crippen LogP contribution in [0.3, 0.4) is 0 Å². The number of thiocarbonyl (C=S) groups is 1. The summed E-state index contributed by atoms with van der Waals surface area (Å²) in [5.41, 5.74) is 3.22. The first-order chi connectivity index (χ1) is 13.5. The van der Waals surface area contributed by atoms with E-state index in [0.29, 0.717) is 34.3 Å². The van der Waals surface area contributed by atoms with Gasteiger partial charge in [0, 0.05) is 23.1 Å². The van der Waals surface area contributed by atoms with Crippen molar-refractivity contribution in [2.24, 2.45) is 0 Å². The maximum Gasteiger partial charge on any atom is 0.267 e. The van der Waals surface area contributed by atoms with Crippen LogP contribution in [0.15, 0.2) is 57.9 Å². The van der Waals surface area contributed by atoms with Gasteiger partial charge in [-0.2, -0.15) is 0 Å². The molecule has 2 amide bonds. The number of fused-ring (bicyclic) bond motifs is 1. The molecule has 0 unspecified atom stereocenters. The van der Waals surface area contributed by atoms with Gasteiger partial charge < -0.3 is 4.90 Å². The highest BCUT2D eigenvalue weighted by Gasteiger charge is 2.41. The molecule has 0 bridgehead atoms. The van der Waals surface area contributed by atoms with Gasteiger partial charge in [-0.3, -0.25) is 14.5 Å². The number of carbonyl (C=O) groups excluding carboxylic acids is 2. The lowest BCUT2D eigenvalue weighted by Gasteiger charge is -2.14. The van der Waals surface area contributed by atoms with E-state index in [0.717, 1.165) is 21.3 Å². The summed E-state index contributed by atoms with van der Waals surface area (Å²) >= 11 is 10.2. The van der Waals surface area contributed by atoms with Crippen LogP contribution in [-0.4, -0.2) is 34.1 Å². The Morgan fingerprint density at radius 3 is 2.50 bits per heavy atom. The Bertz CT molecular complexity index is 1020. The minimum Gasteiger partial charge on any atom is -0.308 e. The van der Waals surface area contributed by atoms with Crippen LogP contribution >= 0.6 is 39.9 Å². The summed E-state index contributed by atoms with van der Waals surface area (Å²) in [5, 5.41) is 0. The van der Waals surface area contributed by atoms with E-state index in [1.54, 1.807) is 9.80 Å². The standard InChI is InChI=1S/C21H17BrN2O2S2/c1-2-23-16-9-8-14(22)12-15(16)17(19(23)25)18-20(26)24(21(27)28-18)11-10-13-6-4-3-5-7-13/h3-9,12H,2,10-11H2,1H3/b18-17+. The lowest BCUT2D eigenvalue weighted by Crippen LogP contribution is -2.31. The van der Waals surface area contributed by atoms with Crippen LogP contribution in [0.2, 0.25) is 0 Å². The highest BCUT2D eigenvalue weighted by Crippen LogP contribution is 2.45. The lowest BCUT2D eigenvalue weighted by atomic mass is 10.1. The van der Waals surface area contributed by atoms with E-state index < -0.39 is 0 Å². The van der Waals surface area contributed by atoms with E-state index in [-0.39, 0.29) is 11.8 Å². The molecule has 2 heterocycles. The van der Waals surface area contributed by atoms with E-state index in [1.807, 2.05) is 55.5 Å². The molecular weight excluding hydrogens is 456 g/mol. The van der Waals surface area contributed by atoms with Gasteiger partial charge in [-0.1, -0.05) is 70.2 Å². The highest BCUT2D eigenvalue weighted by molar-refractivity contribution is 9.10. The fourth-order valence-electron chi connectivity index (χ4n) is 3.46. The number of amides is 2. The van der Waals surface area contributed by atoms with Crippen molar-refractivity contribution in [3.05, 3.63) is 69.0 Å². The van der Waals surface area contributed by atoms with E-state index in [4.69, 9.17) is 12.2 Å². The molecule has 0 spiro atoms. The molecule has 1 fully saturated rings. The second-order valence-electron chi connectivity index (χ2n) is 6.48. The quantitative estimate of drug-likeness (QED) is 0.480. The van der Waals surface area contributed by atoms with Crippen molar-refractivity contribution >= 4 is 67.3 Å². The second kappa shape index (κ2) is 7.81. The molecule has 0 N–H and O–H groups in total. The Morgan fingerprint density at radius 1 is 1.04 bits per heavy atom. The maximum absolute atomic E-state index is 13.1. The predicted octanol–water partition coefficient (Wildman–Crippen LogP) is 4.63. The first-order valence-corrected chi connectivity index (χ1v) is 11.0. The van der Waals surface area contributed by atoms with Gasteiger partial charge in [-0.05, 0) is 37.1 Å². The molecule has 0 atom stereocenters. The van der Waals surface area contributed by atoms with Gasteiger partial charge in [0.25, 0.3) is 11.8 Å². The van der Waals surface area contributed by atoms with Crippen molar-refractivity contribution in [2.75, 3.05) is 18.0 Å². The molecular formula is C21H17BrN2O2S2. The smallest absolute Gasteiger partial charge is 0.267 e. The number of hydrogen-bond acceptors (Lipinski definition) is 4. The Balaban J connectivity index is 1.68. The van der Waals surface area contributed by atoms with E-state index in [2.05, 4.69) is 15.9 Å². The normalized spacial score (nSPS) is 19.0. The van der Waals surface area contributed by atoms with Crippen molar-refractivity contribution in [1.82, 2.24) is 4.90 Å². The van der Waals surface area contributed by atoms with Crippen LogP contribution in [0.25, 0.3) is 5.57 Å². The molecule has 2 aliphatic rings. The molecule has 4 rings (SSSR count). The van der Waals surface area contributed by atoms with Crippen LogP contribution in [0.4, 0.5) is 5.69 Å². The minimum atomic E-state index is -0.182. The molecule has 2 aromatic rings. The van der Waals surface area contributed by atoms with E-state index in [1.165, 1.54) is 11.8 Å². The van der Waals surface area contributed by atoms with Crippen molar-refractivity contribution in [2.45, 2.75) is 13.3 Å². The maximum atomic E-state index is 13.1. The molecule has 1 saturated heterocycles. The van der Waals surface area contributed by atoms with Gasteiger partial charge in [-0.25, -0.2) is 0 Å². The van der Waals surface area contributed by atoms with E-state index >= 15 is 0 Å². The number of hydrogen-bond donors (Lipinski definition) is 0. The van der Waals surface area contributed by atoms with Crippen molar-refractivity contribution in [3.63, 3.8) is 0 Å². The molecule has 4 nitrogen and oxygen atoms in total. The van der Waals surface area contributed by atoms with Crippen LogP contribution in [0.5, 0.6) is 0 Å². The zero-order chi connectivity index (χ0) is 19.8. The summed E-state index contributed by atoms with van der Waals surface area (Å²) in [6.45, 7) is 2.98. The largest absolute Gasteiger partial charge is 0.308 e. The number of anilines is 1. The number of benzene rings is 2. The molecule has 7 heteroatoms. The van der Waals surface area contributed by atoms with Crippen molar-refractivity contribution < 1.29 is 9.59 Å². The summed E-state index contributed by atoms with van der Waals surface area (Å²) in [4.78, 5) is 29.9. The Hall–Kier alpha value is -1.96. The van der Waals surface area contributed by atoms with Gasteiger partial charge in [0.05, 0.1) is 16.2 Å². The minimum absolute atomic E-state index is 0.140. The fourth-order valence-corrected chi connectivity index (χ4v) is 5.21. The van der Waals surface area contributed by atoms with Gasteiger partial charge >= 0.3 is 0 Å².